The Labute approximate surface area is 112 Å². The van der Waals surface area contributed by atoms with E-state index in [1.807, 2.05) is 30.3 Å². The van der Waals surface area contributed by atoms with Gasteiger partial charge in [-0.25, -0.2) is 0 Å². The summed E-state index contributed by atoms with van der Waals surface area (Å²) in [6.45, 7) is 1.73. The third kappa shape index (κ3) is 2.19. The van der Waals surface area contributed by atoms with Crippen LogP contribution in [0.3, 0.4) is 0 Å². The summed E-state index contributed by atoms with van der Waals surface area (Å²) in [6, 6.07) is 9.42. The van der Waals surface area contributed by atoms with Crippen LogP contribution in [0.25, 0.3) is 5.57 Å². The molecule has 0 spiro atoms. The monoisotopic (exact) mass is 256 g/mol. The molecule has 0 bridgehead atoms. The Kier molecular flexibility index (Phi) is 3.17. The molecule has 0 aromatic heterocycles. The van der Waals surface area contributed by atoms with Crippen LogP contribution in [0.4, 0.5) is 0 Å². The SMILES string of the molecule is O=C1C=C(c2ccccc2)C(=O)N1C1CCNCC1. The van der Waals surface area contributed by atoms with E-state index in [2.05, 4.69) is 5.32 Å². The zero-order chi connectivity index (χ0) is 13.2. The van der Waals surface area contributed by atoms with Crippen molar-refractivity contribution in [2.75, 3.05) is 13.1 Å². The normalized spacial score (nSPS) is 20.8. The third-order valence-corrected chi connectivity index (χ3v) is 3.71. The van der Waals surface area contributed by atoms with Crippen molar-refractivity contribution in [3.63, 3.8) is 0 Å². The fraction of sp³-hybridized carbons (Fsp3) is 0.333. The predicted octanol–water partition coefficient (Wildman–Crippen LogP) is 1.19. The fourth-order valence-electron chi connectivity index (χ4n) is 2.72. The van der Waals surface area contributed by atoms with Crippen LogP contribution in [0, 0.1) is 0 Å². The van der Waals surface area contributed by atoms with Gasteiger partial charge < -0.3 is 5.32 Å². The van der Waals surface area contributed by atoms with E-state index in [-0.39, 0.29) is 17.9 Å². The number of carbonyl (C=O) groups is 2. The second kappa shape index (κ2) is 4.97. The van der Waals surface area contributed by atoms with E-state index in [4.69, 9.17) is 0 Å². The molecule has 0 atom stereocenters. The molecule has 98 valence electrons. The Hall–Kier alpha value is -1.94. The first kappa shape index (κ1) is 12.1. The summed E-state index contributed by atoms with van der Waals surface area (Å²) in [5, 5.41) is 3.24. The van der Waals surface area contributed by atoms with Crippen LogP contribution in [0.5, 0.6) is 0 Å². The molecule has 2 aliphatic heterocycles. The van der Waals surface area contributed by atoms with Gasteiger partial charge in [-0.3, -0.25) is 14.5 Å². The number of benzene rings is 1. The molecule has 1 fully saturated rings. The van der Waals surface area contributed by atoms with Crippen molar-refractivity contribution in [3.05, 3.63) is 42.0 Å². The molecule has 2 heterocycles. The van der Waals surface area contributed by atoms with E-state index < -0.39 is 0 Å². The molecular weight excluding hydrogens is 240 g/mol. The highest BCUT2D eigenvalue weighted by atomic mass is 16.2. The average Bonchev–Trinajstić information content (AvgIpc) is 2.76. The standard InChI is InChI=1S/C15H16N2O2/c18-14-10-13(11-4-2-1-3-5-11)15(19)17(14)12-6-8-16-9-7-12/h1-5,10,12,16H,6-9H2. The van der Waals surface area contributed by atoms with Gasteiger partial charge in [0.05, 0.1) is 5.57 Å². The van der Waals surface area contributed by atoms with Crippen molar-refractivity contribution in [1.82, 2.24) is 10.2 Å². The van der Waals surface area contributed by atoms with Crippen LogP contribution >= 0.6 is 0 Å². The van der Waals surface area contributed by atoms with Gasteiger partial charge in [-0.2, -0.15) is 0 Å². The number of nitrogens with zero attached hydrogens (tertiary/aromatic N) is 1. The lowest BCUT2D eigenvalue weighted by molar-refractivity contribution is -0.139. The highest BCUT2D eigenvalue weighted by molar-refractivity contribution is 6.33. The van der Waals surface area contributed by atoms with Gasteiger partial charge in [-0.1, -0.05) is 30.3 Å². The lowest BCUT2D eigenvalue weighted by Crippen LogP contribution is -2.46. The van der Waals surface area contributed by atoms with Gasteiger partial charge in [0.15, 0.2) is 0 Å². The summed E-state index contributed by atoms with van der Waals surface area (Å²) < 4.78 is 0. The lowest BCUT2D eigenvalue weighted by Gasteiger charge is -2.30. The quantitative estimate of drug-likeness (QED) is 0.809. The molecule has 0 unspecified atom stereocenters. The first-order chi connectivity index (χ1) is 9.27. The number of nitrogens with one attached hydrogen (secondary N) is 1. The van der Waals surface area contributed by atoms with E-state index in [9.17, 15) is 9.59 Å². The van der Waals surface area contributed by atoms with Gasteiger partial charge in [-0.05, 0) is 31.5 Å². The van der Waals surface area contributed by atoms with E-state index in [1.54, 1.807) is 0 Å². The van der Waals surface area contributed by atoms with Gasteiger partial charge in [0.2, 0.25) is 0 Å². The average molecular weight is 256 g/mol. The molecule has 19 heavy (non-hydrogen) atoms. The van der Waals surface area contributed by atoms with Crippen molar-refractivity contribution < 1.29 is 9.59 Å². The Balaban J connectivity index is 1.85. The minimum absolute atomic E-state index is 0.0405. The van der Waals surface area contributed by atoms with Crippen molar-refractivity contribution in [1.29, 1.82) is 0 Å². The molecule has 1 N–H and O–H groups in total. The summed E-state index contributed by atoms with van der Waals surface area (Å²) in [5.74, 6) is -0.321. The first-order valence-electron chi connectivity index (χ1n) is 6.63. The van der Waals surface area contributed by atoms with Gasteiger partial charge in [0.1, 0.15) is 0 Å². The fourth-order valence-corrected chi connectivity index (χ4v) is 2.72. The van der Waals surface area contributed by atoms with Crippen LogP contribution < -0.4 is 5.32 Å². The lowest BCUT2D eigenvalue weighted by atomic mass is 10.0. The number of piperidine rings is 1. The number of imide groups is 1. The van der Waals surface area contributed by atoms with Crippen molar-refractivity contribution in [2.45, 2.75) is 18.9 Å². The number of carbonyl (C=O) groups excluding carboxylic acids is 2. The van der Waals surface area contributed by atoms with Gasteiger partial charge >= 0.3 is 0 Å². The van der Waals surface area contributed by atoms with E-state index in [1.165, 1.54) is 11.0 Å². The number of hydrogen-bond donors (Lipinski definition) is 1. The van der Waals surface area contributed by atoms with Gasteiger partial charge in [0, 0.05) is 12.1 Å². The zero-order valence-corrected chi connectivity index (χ0v) is 10.6. The molecule has 2 aliphatic rings. The summed E-state index contributed by atoms with van der Waals surface area (Å²) in [5.41, 5.74) is 1.33. The molecule has 2 amide bonds. The smallest absolute Gasteiger partial charge is 0.261 e. The second-order valence-electron chi connectivity index (χ2n) is 4.92. The summed E-state index contributed by atoms with van der Waals surface area (Å²) >= 11 is 0. The van der Waals surface area contributed by atoms with Crippen LogP contribution in [0.2, 0.25) is 0 Å². The minimum Gasteiger partial charge on any atom is -0.317 e. The molecule has 1 aromatic rings. The maximum atomic E-state index is 12.4. The number of amides is 2. The van der Waals surface area contributed by atoms with Crippen LogP contribution in [0.1, 0.15) is 18.4 Å². The number of rotatable bonds is 2. The summed E-state index contributed by atoms with van der Waals surface area (Å²) in [6.07, 6.45) is 3.15. The van der Waals surface area contributed by atoms with Crippen molar-refractivity contribution in [2.24, 2.45) is 0 Å². The van der Waals surface area contributed by atoms with Gasteiger partial charge in [-0.15, -0.1) is 0 Å². The summed E-state index contributed by atoms with van der Waals surface area (Å²) in [4.78, 5) is 25.9. The third-order valence-electron chi connectivity index (χ3n) is 3.71. The van der Waals surface area contributed by atoms with Gasteiger partial charge in [0.25, 0.3) is 11.8 Å². The van der Waals surface area contributed by atoms with E-state index in [0.717, 1.165) is 31.5 Å². The molecule has 1 aromatic carbocycles. The van der Waals surface area contributed by atoms with Crippen LogP contribution in [-0.4, -0.2) is 35.8 Å². The largest absolute Gasteiger partial charge is 0.317 e. The molecule has 0 aliphatic carbocycles. The van der Waals surface area contributed by atoms with Crippen LogP contribution in [-0.2, 0) is 9.59 Å². The summed E-state index contributed by atoms with van der Waals surface area (Å²) in [7, 11) is 0. The molecule has 4 heteroatoms. The van der Waals surface area contributed by atoms with E-state index in [0.29, 0.717) is 5.57 Å². The van der Waals surface area contributed by atoms with Crippen molar-refractivity contribution >= 4 is 17.4 Å². The maximum absolute atomic E-state index is 12.4. The van der Waals surface area contributed by atoms with Crippen LogP contribution in [0.15, 0.2) is 36.4 Å². The molecule has 3 rings (SSSR count). The Morgan fingerprint density at radius 3 is 2.42 bits per heavy atom. The Morgan fingerprint density at radius 2 is 1.74 bits per heavy atom. The first-order valence-corrected chi connectivity index (χ1v) is 6.63. The molecular formula is C15H16N2O2. The second-order valence-corrected chi connectivity index (χ2v) is 4.92. The highest BCUT2D eigenvalue weighted by Crippen LogP contribution is 2.27. The molecule has 4 nitrogen and oxygen atoms in total. The molecule has 0 saturated carbocycles. The topological polar surface area (TPSA) is 49.4 Å². The molecule has 1 saturated heterocycles. The maximum Gasteiger partial charge on any atom is 0.261 e. The minimum atomic E-state index is -0.171. The highest BCUT2D eigenvalue weighted by Gasteiger charge is 2.37. The Bertz CT molecular complexity index is 530. The predicted molar refractivity (Wildman–Crippen MR) is 72.2 cm³/mol. The Morgan fingerprint density at radius 1 is 1.05 bits per heavy atom. The number of hydrogen-bond acceptors (Lipinski definition) is 3. The zero-order valence-electron chi connectivity index (χ0n) is 10.6. The van der Waals surface area contributed by atoms with Crippen molar-refractivity contribution in [3.8, 4) is 0 Å². The molecule has 0 radical (unpaired) electrons. The van der Waals surface area contributed by atoms with E-state index >= 15 is 0 Å².